The lowest BCUT2D eigenvalue weighted by atomic mass is 10.1. The van der Waals surface area contributed by atoms with Gasteiger partial charge in [0.1, 0.15) is 5.75 Å². The number of thioether (sulfide) groups is 1. The summed E-state index contributed by atoms with van der Waals surface area (Å²) in [5.74, 6) is -1.04. The molecule has 0 aliphatic carbocycles. The molecule has 0 aromatic heterocycles. The number of phenols is 1. The number of rotatable bonds is 3. The van der Waals surface area contributed by atoms with E-state index < -0.39 is 33.6 Å². The monoisotopic (exact) mass is 328 g/mol. The third-order valence-electron chi connectivity index (χ3n) is 1.84. The molecule has 0 aliphatic heterocycles. The Hall–Kier alpha value is -0.690. The molecule has 1 aromatic carbocycles. The van der Waals surface area contributed by atoms with E-state index in [1.807, 2.05) is 0 Å². The smallest absolute Gasteiger partial charge is 0.446 e. The summed E-state index contributed by atoms with van der Waals surface area (Å²) >= 11 is 2.56. The van der Waals surface area contributed by atoms with Gasteiger partial charge in [-0.1, -0.05) is 22.0 Å². The maximum Gasteiger partial charge on any atom is 0.446 e. The summed E-state index contributed by atoms with van der Waals surface area (Å²) in [6.07, 6.45) is 0. The summed E-state index contributed by atoms with van der Waals surface area (Å²) in [5.41, 5.74) is -4.81. The van der Waals surface area contributed by atoms with Crippen LogP contribution in [0.4, 0.5) is 13.2 Å². The largest absolute Gasteiger partial charge is 0.507 e. The molecule has 7 heteroatoms. The number of carbonyl (C=O) groups excluding carboxylic acids is 1. The molecule has 17 heavy (non-hydrogen) atoms. The Bertz CT molecular complexity index is 432. The first-order valence-corrected chi connectivity index (χ1v) is 6.21. The van der Waals surface area contributed by atoms with Crippen molar-refractivity contribution in [1.29, 1.82) is 0 Å². The van der Waals surface area contributed by atoms with Gasteiger partial charge in [-0.2, -0.15) is 13.2 Å². The molecule has 2 nitrogen and oxygen atoms in total. The highest BCUT2D eigenvalue weighted by Crippen LogP contribution is 2.41. The van der Waals surface area contributed by atoms with Crippen LogP contribution in [0.15, 0.2) is 23.1 Å². The van der Waals surface area contributed by atoms with Gasteiger partial charge in [-0.3, -0.25) is 4.79 Å². The van der Waals surface area contributed by atoms with Crippen molar-refractivity contribution in [1.82, 2.24) is 0 Å². The number of hydrogen-bond donors (Lipinski definition) is 1. The summed E-state index contributed by atoms with van der Waals surface area (Å²) in [5, 5.41) is 9.49. The lowest BCUT2D eigenvalue weighted by molar-refractivity contribution is -0.0328. The zero-order valence-electron chi connectivity index (χ0n) is 8.58. The highest BCUT2D eigenvalue weighted by Gasteiger charge is 2.32. The van der Waals surface area contributed by atoms with Gasteiger partial charge in [0.25, 0.3) is 0 Å². The van der Waals surface area contributed by atoms with Gasteiger partial charge in [0.15, 0.2) is 5.78 Å². The number of ketones is 1. The predicted octanol–water partition coefficient (Wildman–Crippen LogP) is 3.97. The van der Waals surface area contributed by atoms with E-state index in [0.29, 0.717) is 0 Å². The molecule has 0 spiro atoms. The summed E-state index contributed by atoms with van der Waals surface area (Å²) in [6, 6.07) is 3.60. The van der Waals surface area contributed by atoms with Crippen molar-refractivity contribution in [2.75, 3.05) is 0 Å². The first-order valence-electron chi connectivity index (χ1n) is 4.48. The summed E-state index contributed by atoms with van der Waals surface area (Å²) in [4.78, 5) is 10.7. The standard InChI is InChI=1S/C10H8BrF3O2S/c1-5(11)9(16)8-6(15)3-2-4-7(8)17-10(12,13)14/h2-5,15H,1H3. The van der Waals surface area contributed by atoms with E-state index in [1.165, 1.54) is 19.1 Å². The van der Waals surface area contributed by atoms with Gasteiger partial charge in [-0.15, -0.1) is 0 Å². The number of carbonyl (C=O) groups is 1. The number of aromatic hydroxyl groups is 1. The van der Waals surface area contributed by atoms with Crippen LogP contribution in [0.3, 0.4) is 0 Å². The van der Waals surface area contributed by atoms with Crippen LogP contribution in [0.1, 0.15) is 17.3 Å². The van der Waals surface area contributed by atoms with Gasteiger partial charge in [-0.25, -0.2) is 0 Å². The SMILES string of the molecule is CC(Br)C(=O)c1c(O)cccc1SC(F)(F)F. The Morgan fingerprint density at radius 1 is 1.47 bits per heavy atom. The molecule has 1 atom stereocenters. The average Bonchev–Trinajstić information content (AvgIpc) is 2.14. The normalized spacial score (nSPS) is 13.5. The van der Waals surface area contributed by atoms with Crippen molar-refractivity contribution in [2.24, 2.45) is 0 Å². The predicted molar refractivity (Wildman–Crippen MR) is 62.7 cm³/mol. The number of phenolic OH excluding ortho intramolecular Hbond substituents is 1. The van der Waals surface area contributed by atoms with Crippen LogP contribution in [0, 0.1) is 0 Å². The molecule has 0 radical (unpaired) electrons. The van der Waals surface area contributed by atoms with Crippen LogP contribution in [0.25, 0.3) is 0 Å². The van der Waals surface area contributed by atoms with Crippen LogP contribution in [0.5, 0.6) is 5.75 Å². The summed E-state index contributed by atoms with van der Waals surface area (Å²) < 4.78 is 36.8. The van der Waals surface area contributed by atoms with Crippen molar-refractivity contribution in [3.05, 3.63) is 23.8 Å². The number of benzene rings is 1. The maximum absolute atomic E-state index is 12.3. The molecule has 0 fully saturated rings. The zero-order chi connectivity index (χ0) is 13.2. The van der Waals surface area contributed by atoms with Crippen molar-refractivity contribution in [2.45, 2.75) is 22.2 Å². The van der Waals surface area contributed by atoms with E-state index >= 15 is 0 Å². The molecule has 0 bridgehead atoms. The second kappa shape index (κ2) is 5.30. The minimum absolute atomic E-state index is 0.297. The number of hydrogen-bond acceptors (Lipinski definition) is 3. The Kier molecular flexibility index (Phi) is 4.48. The van der Waals surface area contributed by atoms with Gasteiger partial charge < -0.3 is 5.11 Å². The number of halogens is 4. The van der Waals surface area contributed by atoms with E-state index in [9.17, 15) is 23.1 Å². The van der Waals surface area contributed by atoms with Crippen LogP contribution in [0.2, 0.25) is 0 Å². The molecule has 0 saturated carbocycles. The Labute approximate surface area is 108 Å². The molecule has 1 unspecified atom stereocenters. The lowest BCUT2D eigenvalue weighted by Crippen LogP contribution is -2.12. The average molecular weight is 329 g/mol. The fourth-order valence-corrected chi connectivity index (χ4v) is 2.11. The van der Waals surface area contributed by atoms with Crippen LogP contribution < -0.4 is 0 Å². The molecule has 1 rings (SSSR count). The third-order valence-corrected chi connectivity index (χ3v) is 3.05. The Morgan fingerprint density at radius 3 is 2.53 bits per heavy atom. The topological polar surface area (TPSA) is 37.3 Å². The summed E-state index contributed by atoms with van der Waals surface area (Å²) in [7, 11) is 0. The Morgan fingerprint density at radius 2 is 2.06 bits per heavy atom. The Balaban J connectivity index is 3.22. The third kappa shape index (κ3) is 3.92. The van der Waals surface area contributed by atoms with Crippen molar-refractivity contribution in [3.8, 4) is 5.75 Å². The molecular formula is C10H8BrF3O2S. The highest BCUT2D eigenvalue weighted by molar-refractivity contribution is 9.10. The van der Waals surface area contributed by atoms with Crippen LogP contribution in [-0.4, -0.2) is 21.2 Å². The fraction of sp³-hybridized carbons (Fsp3) is 0.300. The molecule has 0 saturated heterocycles. The summed E-state index contributed by atoms with van der Waals surface area (Å²) in [6.45, 7) is 1.48. The minimum atomic E-state index is -4.50. The van der Waals surface area contributed by atoms with E-state index in [0.717, 1.165) is 6.07 Å². The zero-order valence-corrected chi connectivity index (χ0v) is 11.0. The van der Waals surface area contributed by atoms with Crippen LogP contribution >= 0.6 is 27.7 Å². The number of Topliss-reactive ketones (excluding diaryl/α,β-unsaturated/α-hetero) is 1. The lowest BCUT2D eigenvalue weighted by Gasteiger charge is -2.12. The van der Waals surface area contributed by atoms with E-state index in [2.05, 4.69) is 15.9 Å². The first-order chi connectivity index (χ1) is 7.72. The van der Waals surface area contributed by atoms with Crippen molar-refractivity contribution >= 4 is 33.5 Å². The van der Waals surface area contributed by atoms with Gasteiger partial charge >= 0.3 is 5.51 Å². The second-order valence-corrected chi connectivity index (χ2v) is 5.66. The molecule has 1 aromatic rings. The molecule has 0 aliphatic rings. The minimum Gasteiger partial charge on any atom is -0.507 e. The van der Waals surface area contributed by atoms with Crippen molar-refractivity contribution < 1.29 is 23.1 Å². The van der Waals surface area contributed by atoms with Gasteiger partial charge in [0, 0.05) is 4.90 Å². The van der Waals surface area contributed by atoms with Crippen molar-refractivity contribution in [3.63, 3.8) is 0 Å². The molecule has 0 amide bonds. The quantitative estimate of drug-likeness (QED) is 0.518. The second-order valence-electron chi connectivity index (χ2n) is 3.18. The van der Waals surface area contributed by atoms with E-state index in [1.54, 1.807) is 0 Å². The molecular weight excluding hydrogens is 321 g/mol. The van der Waals surface area contributed by atoms with Gasteiger partial charge in [0.2, 0.25) is 0 Å². The molecule has 1 N–H and O–H groups in total. The van der Waals surface area contributed by atoms with Crippen LogP contribution in [-0.2, 0) is 0 Å². The maximum atomic E-state index is 12.3. The number of alkyl halides is 4. The first kappa shape index (κ1) is 14.4. The molecule has 94 valence electrons. The van der Waals surface area contributed by atoms with E-state index in [-0.39, 0.29) is 10.5 Å². The van der Waals surface area contributed by atoms with Gasteiger partial charge in [-0.05, 0) is 30.8 Å². The molecule has 0 heterocycles. The fourth-order valence-electron chi connectivity index (χ4n) is 1.18. The van der Waals surface area contributed by atoms with E-state index in [4.69, 9.17) is 0 Å². The van der Waals surface area contributed by atoms with Gasteiger partial charge in [0.05, 0.1) is 10.4 Å². The highest BCUT2D eigenvalue weighted by atomic mass is 79.9.